The molecule has 1 heterocycles. The van der Waals surface area contributed by atoms with E-state index in [1.807, 2.05) is 18.2 Å². The smallest absolute Gasteiger partial charge is 0.218 e. The van der Waals surface area contributed by atoms with Crippen LogP contribution in [0.3, 0.4) is 0 Å². The van der Waals surface area contributed by atoms with Crippen LogP contribution >= 0.6 is 0 Å². The summed E-state index contributed by atoms with van der Waals surface area (Å²) in [5.41, 5.74) is 6.37. The van der Waals surface area contributed by atoms with Crippen molar-refractivity contribution < 1.29 is 9.47 Å². The van der Waals surface area contributed by atoms with Crippen LogP contribution in [0, 0.1) is 0 Å². The number of methoxy groups -OCH3 is 2. The van der Waals surface area contributed by atoms with E-state index in [1.165, 1.54) is 4.68 Å². The van der Waals surface area contributed by atoms with Gasteiger partial charge in [0.25, 0.3) is 0 Å². The molecule has 90 valence electrons. The molecule has 0 radical (unpaired) electrons. The van der Waals surface area contributed by atoms with Gasteiger partial charge >= 0.3 is 0 Å². The molecule has 1 aromatic carbocycles. The highest BCUT2D eigenvalue weighted by Crippen LogP contribution is 2.36. The fourth-order valence-electron chi connectivity index (χ4n) is 1.57. The van der Waals surface area contributed by atoms with Crippen LogP contribution in [-0.4, -0.2) is 29.0 Å². The zero-order chi connectivity index (χ0) is 12.4. The van der Waals surface area contributed by atoms with E-state index in [0.29, 0.717) is 28.8 Å². The molecule has 6 heteroatoms. The van der Waals surface area contributed by atoms with E-state index < -0.39 is 0 Å². The van der Waals surface area contributed by atoms with E-state index in [9.17, 15) is 0 Å². The Balaban J connectivity index is 2.63. The maximum atomic E-state index is 5.67. The molecule has 6 nitrogen and oxygen atoms in total. The third-order valence-electron chi connectivity index (χ3n) is 2.45. The van der Waals surface area contributed by atoms with Crippen LogP contribution in [0.2, 0.25) is 0 Å². The van der Waals surface area contributed by atoms with Gasteiger partial charge in [0, 0.05) is 7.05 Å². The quantitative estimate of drug-likeness (QED) is 0.860. The topological polar surface area (TPSA) is 75.2 Å². The standard InChI is InChI=1S/C11H14N4O2/c1-15-11(12)13-10(14-15)9-7(16-2)5-4-6-8(9)17-3/h4-6H,1-3H3,(H2,12,13,14). The Labute approximate surface area is 99.0 Å². The molecule has 0 unspecified atom stereocenters. The van der Waals surface area contributed by atoms with Gasteiger partial charge in [-0.1, -0.05) is 6.07 Å². The van der Waals surface area contributed by atoms with E-state index in [0.717, 1.165) is 0 Å². The number of nitrogen functional groups attached to an aromatic ring is 1. The first kappa shape index (κ1) is 11.3. The van der Waals surface area contributed by atoms with Crippen molar-refractivity contribution in [3.8, 4) is 22.9 Å². The molecule has 0 aliphatic heterocycles. The van der Waals surface area contributed by atoms with Gasteiger partial charge in [-0.15, -0.1) is 5.10 Å². The molecule has 0 fully saturated rings. The van der Waals surface area contributed by atoms with Crippen LogP contribution in [0.4, 0.5) is 5.95 Å². The molecule has 0 bridgehead atoms. The van der Waals surface area contributed by atoms with Crippen molar-refractivity contribution in [3.05, 3.63) is 18.2 Å². The number of benzene rings is 1. The summed E-state index contributed by atoms with van der Waals surface area (Å²) in [6.45, 7) is 0. The van der Waals surface area contributed by atoms with E-state index in [2.05, 4.69) is 10.1 Å². The first-order valence-corrected chi connectivity index (χ1v) is 5.05. The first-order chi connectivity index (χ1) is 8.17. The molecule has 1 aromatic heterocycles. The monoisotopic (exact) mass is 234 g/mol. The van der Waals surface area contributed by atoms with Crippen LogP contribution in [0.25, 0.3) is 11.4 Å². The van der Waals surface area contributed by atoms with Crippen molar-refractivity contribution in [1.82, 2.24) is 14.8 Å². The van der Waals surface area contributed by atoms with Gasteiger partial charge in [0.2, 0.25) is 5.95 Å². The van der Waals surface area contributed by atoms with Crippen molar-refractivity contribution in [2.24, 2.45) is 7.05 Å². The maximum Gasteiger partial charge on any atom is 0.218 e. The summed E-state index contributed by atoms with van der Waals surface area (Å²) in [6, 6.07) is 5.49. The molecular formula is C11H14N4O2. The lowest BCUT2D eigenvalue weighted by atomic mass is 10.1. The largest absolute Gasteiger partial charge is 0.496 e. The second kappa shape index (κ2) is 4.32. The third-order valence-corrected chi connectivity index (χ3v) is 2.45. The summed E-state index contributed by atoms with van der Waals surface area (Å²) in [5, 5.41) is 4.22. The number of rotatable bonds is 3. The van der Waals surface area contributed by atoms with Gasteiger partial charge in [-0.2, -0.15) is 4.98 Å². The lowest BCUT2D eigenvalue weighted by molar-refractivity contribution is 0.397. The second-order valence-corrected chi connectivity index (χ2v) is 3.45. The van der Waals surface area contributed by atoms with Crippen LogP contribution < -0.4 is 15.2 Å². The molecule has 0 spiro atoms. The molecule has 0 aliphatic rings. The fraction of sp³-hybridized carbons (Fsp3) is 0.273. The van der Waals surface area contributed by atoms with E-state index in [-0.39, 0.29) is 0 Å². The summed E-state index contributed by atoms with van der Waals surface area (Å²) >= 11 is 0. The van der Waals surface area contributed by atoms with Gasteiger partial charge in [-0.3, -0.25) is 0 Å². The van der Waals surface area contributed by atoms with Crippen molar-refractivity contribution >= 4 is 5.95 Å². The zero-order valence-electron chi connectivity index (χ0n) is 9.97. The number of ether oxygens (including phenoxy) is 2. The number of nitrogens with two attached hydrogens (primary N) is 1. The average molecular weight is 234 g/mol. The second-order valence-electron chi connectivity index (χ2n) is 3.45. The van der Waals surface area contributed by atoms with Crippen LogP contribution in [0.15, 0.2) is 18.2 Å². The van der Waals surface area contributed by atoms with E-state index in [4.69, 9.17) is 15.2 Å². The molecule has 2 N–H and O–H groups in total. The minimum atomic E-state index is 0.341. The molecule has 17 heavy (non-hydrogen) atoms. The molecule has 2 rings (SSSR count). The number of nitrogens with zero attached hydrogens (tertiary/aromatic N) is 3. The number of hydrogen-bond donors (Lipinski definition) is 1. The van der Waals surface area contributed by atoms with E-state index >= 15 is 0 Å². The van der Waals surface area contributed by atoms with Crippen molar-refractivity contribution in [1.29, 1.82) is 0 Å². The summed E-state index contributed by atoms with van der Waals surface area (Å²) in [6.07, 6.45) is 0. The minimum absolute atomic E-state index is 0.341. The predicted molar refractivity (Wildman–Crippen MR) is 64.0 cm³/mol. The Hall–Kier alpha value is -2.24. The third kappa shape index (κ3) is 1.89. The van der Waals surface area contributed by atoms with Gasteiger partial charge in [-0.05, 0) is 12.1 Å². The predicted octanol–water partition coefficient (Wildman–Crippen LogP) is 1.08. The highest BCUT2D eigenvalue weighted by molar-refractivity contribution is 5.72. The van der Waals surface area contributed by atoms with Crippen molar-refractivity contribution in [3.63, 3.8) is 0 Å². The lowest BCUT2D eigenvalue weighted by Gasteiger charge is -2.09. The summed E-state index contributed by atoms with van der Waals surface area (Å²) < 4.78 is 12.1. The lowest BCUT2D eigenvalue weighted by Crippen LogP contribution is -1.97. The zero-order valence-corrected chi connectivity index (χ0v) is 9.97. The fourth-order valence-corrected chi connectivity index (χ4v) is 1.57. The summed E-state index contributed by atoms with van der Waals surface area (Å²) in [5.74, 6) is 2.12. The van der Waals surface area contributed by atoms with Gasteiger partial charge in [0.05, 0.1) is 14.2 Å². The van der Waals surface area contributed by atoms with Crippen molar-refractivity contribution in [2.75, 3.05) is 20.0 Å². The number of aryl methyl sites for hydroxylation is 1. The molecule has 0 atom stereocenters. The number of anilines is 1. The number of aromatic nitrogens is 3. The Morgan fingerprint density at radius 2 is 1.76 bits per heavy atom. The van der Waals surface area contributed by atoms with Crippen LogP contribution in [0.1, 0.15) is 0 Å². The molecule has 0 saturated heterocycles. The molecular weight excluding hydrogens is 220 g/mol. The van der Waals surface area contributed by atoms with E-state index in [1.54, 1.807) is 21.3 Å². The SMILES string of the molecule is COc1cccc(OC)c1-c1nc(N)n(C)n1. The van der Waals surface area contributed by atoms with Crippen LogP contribution in [-0.2, 0) is 7.05 Å². The molecule has 0 saturated carbocycles. The normalized spacial score (nSPS) is 10.3. The highest BCUT2D eigenvalue weighted by atomic mass is 16.5. The van der Waals surface area contributed by atoms with Gasteiger partial charge in [-0.25, -0.2) is 4.68 Å². The molecule has 2 aromatic rings. The van der Waals surface area contributed by atoms with Gasteiger partial charge in [0.1, 0.15) is 17.1 Å². The van der Waals surface area contributed by atoms with Gasteiger partial charge in [0.15, 0.2) is 5.82 Å². The summed E-state index contributed by atoms with van der Waals surface area (Å²) in [4.78, 5) is 4.17. The maximum absolute atomic E-state index is 5.67. The molecule has 0 aliphatic carbocycles. The number of hydrogen-bond acceptors (Lipinski definition) is 5. The Morgan fingerprint density at radius 3 is 2.18 bits per heavy atom. The Kier molecular flexibility index (Phi) is 2.86. The first-order valence-electron chi connectivity index (χ1n) is 5.05. The minimum Gasteiger partial charge on any atom is -0.496 e. The summed E-state index contributed by atoms with van der Waals surface area (Å²) in [7, 11) is 4.91. The average Bonchev–Trinajstić information content (AvgIpc) is 2.68. The highest BCUT2D eigenvalue weighted by Gasteiger charge is 2.17. The van der Waals surface area contributed by atoms with Crippen LogP contribution in [0.5, 0.6) is 11.5 Å². The molecule has 0 amide bonds. The van der Waals surface area contributed by atoms with Gasteiger partial charge < -0.3 is 15.2 Å². The van der Waals surface area contributed by atoms with Crippen molar-refractivity contribution in [2.45, 2.75) is 0 Å². The Morgan fingerprint density at radius 1 is 1.18 bits per heavy atom. The Bertz CT molecular complexity index is 495.